The first-order valence-electron chi connectivity index (χ1n) is 11.6. The van der Waals surface area contributed by atoms with E-state index in [2.05, 4.69) is 40.0 Å². The summed E-state index contributed by atoms with van der Waals surface area (Å²) in [6.45, 7) is 9.00. The maximum atomic E-state index is 12.9. The van der Waals surface area contributed by atoms with Crippen LogP contribution in [0.25, 0.3) is 0 Å². The van der Waals surface area contributed by atoms with Crippen LogP contribution in [0.4, 0.5) is 10.5 Å². The summed E-state index contributed by atoms with van der Waals surface area (Å²) >= 11 is 0. The van der Waals surface area contributed by atoms with Crippen molar-refractivity contribution in [2.45, 2.75) is 39.2 Å². The van der Waals surface area contributed by atoms with Crippen molar-refractivity contribution in [3.63, 3.8) is 0 Å². The zero-order valence-electron chi connectivity index (χ0n) is 18.8. The lowest BCUT2D eigenvalue weighted by Gasteiger charge is -2.25. The number of hydrogen-bond donors (Lipinski definition) is 1. The Morgan fingerprint density at radius 3 is 2.59 bits per heavy atom. The lowest BCUT2D eigenvalue weighted by molar-refractivity contribution is 0.100. The minimum atomic E-state index is -0.572. The molecule has 32 heavy (non-hydrogen) atoms. The highest BCUT2D eigenvalue weighted by Crippen LogP contribution is 2.40. The molecule has 0 saturated carbocycles. The van der Waals surface area contributed by atoms with E-state index in [1.165, 1.54) is 46.7 Å². The molecule has 1 atom stereocenters. The molecular weight excluding hydrogens is 404 g/mol. The molecule has 1 aromatic carbocycles. The third-order valence-electron chi connectivity index (χ3n) is 7.29. The van der Waals surface area contributed by atoms with E-state index in [1.54, 1.807) is 0 Å². The highest BCUT2D eigenvalue weighted by atomic mass is 16.2. The summed E-state index contributed by atoms with van der Waals surface area (Å²) in [5.74, 6) is -0.572. The van der Waals surface area contributed by atoms with Crippen LogP contribution in [0.5, 0.6) is 0 Å². The molecule has 3 fully saturated rings. The summed E-state index contributed by atoms with van der Waals surface area (Å²) in [7, 11) is 0. The van der Waals surface area contributed by atoms with Gasteiger partial charge in [0.25, 0.3) is 5.91 Å². The summed E-state index contributed by atoms with van der Waals surface area (Å²) in [4.78, 5) is 31.1. The number of aromatic nitrogens is 2. The Kier molecular flexibility index (Phi) is 5.41. The van der Waals surface area contributed by atoms with Gasteiger partial charge in [-0.25, -0.2) is 4.79 Å². The molecule has 0 aliphatic carbocycles. The van der Waals surface area contributed by atoms with E-state index in [0.717, 1.165) is 58.7 Å². The number of benzene rings is 1. The third kappa shape index (κ3) is 4.11. The van der Waals surface area contributed by atoms with Gasteiger partial charge in [-0.2, -0.15) is 9.78 Å². The van der Waals surface area contributed by atoms with Crippen LogP contribution in [-0.2, 0) is 6.54 Å². The van der Waals surface area contributed by atoms with E-state index in [9.17, 15) is 9.59 Å². The van der Waals surface area contributed by atoms with Gasteiger partial charge in [-0.3, -0.25) is 9.69 Å². The summed E-state index contributed by atoms with van der Waals surface area (Å²) in [5.41, 5.74) is 9.75. The highest BCUT2D eigenvalue weighted by Gasteiger charge is 2.45. The van der Waals surface area contributed by atoms with Gasteiger partial charge in [0.15, 0.2) is 0 Å². The average molecular weight is 437 g/mol. The van der Waals surface area contributed by atoms with Crippen molar-refractivity contribution in [2.75, 3.05) is 44.2 Å². The number of nitrogens with two attached hydrogens (primary N) is 1. The monoisotopic (exact) mass is 436 g/mol. The molecule has 2 N–H and O–H groups in total. The van der Waals surface area contributed by atoms with E-state index < -0.39 is 5.91 Å². The molecule has 0 radical (unpaired) electrons. The first kappa shape index (κ1) is 21.0. The number of carbonyl (C=O) groups excluding carboxylic acids is 2. The normalized spacial score (nSPS) is 23.5. The van der Waals surface area contributed by atoms with Gasteiger partial charge in [0.2, 0.25) is 0 Å². The number of amides is 2. The van der Waals surface area contributed by atoms with E-state index in [-0.39, 0.29) is 17.0 Å². The molecule has 3 aliphatic heterocycles. The molecule has 3 saturated heterocycles. The minimum absolute atomic E-state index is 0.150. The van der Waals surface area contributed by atoms with Crippen molar-refractivity contribution < 1.29 is 9.59 Å². The van der Waals surface area contributed by atoms with Crippen LogP contribution in [0.3, 0.4) is 0 Å². The molecule has 4 heterocycles. The topological polar surface area (TPSA) is 87.7 Å². The Hall–Kier alpha value is -2.87. The molecule has 1 aromatic heterocycles. The van der Waals surface area contributed by atoms with Gasteiger partial charge in [-0.05, 0) is 62.4 Å². The predicted molar refractivity (Wildman–Crippen MR) is 123 cm³/mol. The van der Waals surface area contributed by atoms with E-state index >= 15 is 0 Å². The van der Waals surface area contributed by atoms with E-state index in [0.29, 0.717) is 0 Å². The largest absolute Gasteiger partial charge is 0.372 e. The second-order valence-electron chi connectivity index (χ2n) is 9.82. The lowest BCUT2D eigenvalue weighted by atomic mass is 9.86. The molecular formula is C24H32N6O2. The zero-order chi connectivity index (χ0) is 22.3. The molecule has 8 nitrogen and oxygen atoms in total. The van der Waals surface area contributed by atoms with Crippen LogP contribution >= 0.6 is 0 Å². The van der Waals surface area contributed by atoms with Crippen LogP contribution < -0.4 is 10.6 Å². The summed E-state index contributed by atoms with van der Waals surface area (Å²) in [6, 6.07) is 6.80. The smallest absolute Gasteiger partial charge is 0.344 e. The Labute approximate surface area is 188 Å². The molecule has 5 rings (SSSR count). The second-order valence-corrected chi connectivity index (χ2v) is 9.82. The van der Waals surface area contributed by atoms with Crippen LogP contribution in [0.2, 0.25) is 0 Å². The van der Waals surface area contributed by atoms with Gasteiger partial charge in [-0.15, -0.1) is 0 Å². The van der Waals surface area contributed by atoms with Crippen molar-refractivity contribution in [3.8, 4) is 0 Å². The molecule has 1 unspecified atom stereocenters. The first-order valence-corrected chi connectivity index (χ1v) is 11.6. The fourth-order valence-corrected chi connectivity index (χ4v) is 5.64. The third-order valence-corrected chi connectivity index (χ3v) is 7.29. The number of anilines is 1. The number of likely N-dealkylation sites (tertiary alicyclic amines) is 2. The number of carbonyl (C=O) groups is 2. The van der Waals surface area contributed by atoms with Crippen LogP contribution in [0.15, 0.2) is 30.6 Å². The molecule has 3 aliphatic rings. The number of aryl methyl sites for hydroxylation is 1. The van der Waals surface area contributed by atoms with Crippen LogP contribution in [-0.4, -0.2) is 70.8 Å². The maximum Gasteiger partial charge on any atom is 0.344 e. The number of primary amides is 1. The van der Waals surface area contributed by atoms with Gasteiger partial charge in [0, 0.05) is 56.6 Å². The van der Waals surface area contributed by atoms with Crippen molar-refractivity contribution in [1.29, 1.82) is 0 Å². The number of hydrogen-bond acceptors (Lipinski definition) is 5. The van der Waals surface area contributed by atoms with Gasteiger partial charge in [-0.1, -0.05) is 6.07 Å². The molecule has 8 heteroatoms. The first-order chi connectivity index (χ1) is 15.4. The Bertz CT molecular complexity index is 1030. The Balaban J connectivity index is 1.22. The second kappa shape index (κ2) is 8.24. The molecule has 2 aromatic rings. The van der Waals surface area contributed by atoms with Crippen LogP contribution in [0.1, 0.15) is 47.2 Å². The van der Waals surface area contributed by atoms with E-state index in [1.807, 2.05) is 4.90 Å². The van der Waals surface area contributed by atoms with Gasteiger partial charge < -0.3 is 15.5 Å². The standard InChI is InChI=1S/C24H32N6O2/c1-18-10-19(12-21(11-18)28-6-2-3-7-28)14-27-8-4-24(16-27)5-9-29(17-24)23(32)30-15-20(13-26-30)22(25)31/h10-13,15H,2-9,14,16-17H2,1H3,(H2,25,31). The van der Waals surface area contributed by atoms with Crippen molar-refractivity contribution in [3.05, 3.63) is 47.3 Å². The summed E-state index contributed by atoms with van der Waals surface area (Å²) in [5, 5.41) is 4.03. The van der Waals surface area contributed by atoms with Crippen molar-refractivity contribution in [1.82, 2.24) is 19.6 Å². The zero-order valence-corrected chi connectivity index (χ0v) is 18.8. The van der Waals surface area contributed by atoms with Gasteiger partial charge in [0.05, 0.1) is 11.8 Å². The quantitative estimate of drug-likeness (QED) is 0.796. The Morgan fingerprint density at radius 2 is 1.84 bits per heavy atom. The van der Waals surface area contributed by atoms with E-state index in [4.69, 9.17) is 5.73 Å². The Morgan fingerprint density at radius 1 is 1.06 bits per heavy atom. The summed E-state index contributed by atoms with van der Waals surface area (Å²) < 4.78 is 1.23. The molecule has 0 bridgehead atoms. The minimum Gasteiger partial charge on any atom is -0.372 e. The highest BCUT2D eigenvalue weighted by molar-refractivity contribution is 5.93. The van der Waals surface area contributed by atoms with Crippen molar-refractivity contribution in [2.24, 2.45) is 11.1 Å². The fourth-order valence-electron chi connectivity index (χ4n) is 5.64. The lowest BCUT2D eigenvalue weighted by Crippen LogP contribution is -2.36. The average Bonchev–Trinajstić information content (AvgIpc) is 3.56. The van der Waals surface area contributed by atoms with Crippen molar-refractivity contribution >= 4 is 17.6 Å². The SMILES string of the molecule is Cc1cc(CN2CCC3(CCN(C(=O)n4cc(C(N)=O)cn4)C3)C2)cc(N2CCCC2)c1. The van der Waals surface area contributed by atoms with Gasteiger partial charge >= 0.3 is 6.03 Å². The molecule has 1 spiro atoms. The predicted octanol–water partition coefficient (Wildman–Crippen LogP) is 2.46. The summed E-state index contributed by atoms with van der Waals surface area (Å²) in [6.07, 6.45) is 7.46. The number of nitrogens with zero attached hydrogens (tertiary/aromatic N) is 5. The maximum absolute atomic E-state index is 12.9. The molecule has 170 valence electrons. The molecule has 2 amide bonds. The number of rotatable bonds is 4. The van der Waals surface area contributed by atoms with Crippen LogP contribution in [0, 0.1) is 12.3 Å². The van der Waals surface area contributed by atoms with Gasteiger partial charge in [0.1, 0.15) is 0 Å². The fraction of sp³-hybridized carbons (Fsp3) is 0.542.